The molecule has 1 unspecified atom stereocenters. The van der Waals surface area contributed by atoms with E-state index in [9.17, 15) is 8.78 Å². The Bertz CT molecular complexity index is 566. The van der Waals surface area contributed by atoms with Crippen LogP contribution < -0.4 is 0 Å². The number of halogens is 3. The van der Waals surface area contributed by atoms with Gasteiger partial charge in [0.15, 0.2) is 0 Å². The van der Waals surface area contributed by atoms with Crippen LogP contribution in [-0.2, 0) is 6.42 Å². The van der Waals surface area contributed by atoms with E-state index in [4.69, 9.17) is 11.6 Å². The van der Waals surface area contributed by atoms with Crippen molar-refractivity contribution in [2.45, 2.75) is 19.3 Å². The van der Waals surface area contributed by atoms with Crippen molar-refractivity contribution in [3.63, 3.8) is 0 Å². The lowest BCUT2D eigenvalue weighted by molar-refractivity contribution is 0.565. The third kappa shape index (κ3) is 3.32. The van der Waals surface area contributed by atoms with Crippen molar-refractivity contribution in [2.24, 2.45) is 0 Å². The number of rotatable bonds is 4. The summed E-state index contributed by atoms with van der Waals surface area (Å²) in [6, 6.07) is 11.6. The lowest BCUT2D eigenvalue weighted by Crippen LogP contribution is -2.08. The van der Waals surface area contributed by atoms with Crippen molar-refractivity contribution in [1.82, 2.24) is 0 Å². The first kappa shape index (κ1) is 14.0. The smallest absolute Gasteiger partial charge is 0.129 e. The van der Waals surface area contributed by atoms with E-state index in [1.54, 1.807) is 0 Å². The van der Waals surface area contributed by atoms with E-state index >= 15 is 0 Å². The van der Waals surface area contributed by atoms with Crippen LogP contribution in [-0.4, -0.2) is 5.88 Å². The highest BCUT2D eigenvalue weighted by Gasteiger charge is 2.15. The van der Waals surface area contributed by atoms with Gasteiger partial charge in [0.25, 0.3) is 0 Å². The van der Waals surface area contributed by atoms with Gasteiger partial charge in [-0.3, -0.25) is 0 Å². The van der Waals surface area contributed by atoms with Gasteiger partial charge in [0.2, 0.25) is 0 Å². The van der Waals surface area contributed by atoms with Gasteiger partial charge in [-0.15, -0.1) is 11.6 Å². The zero-order valence-electron chi connectivity index (χ0n) is 10.7. The highest BCUT2D eigenvalue weighted by molar-refractivity contribution is 6.18. The average molecular weight is 281 g/mol. The van der Waals surface area contributed by atoms with Gasteiger partial charge in [-0.05, 0) is 36.1 Å². The molecule has 0 aliphatic carbocycles. The quantitative estimate of drug-likeness (QED) is 0.703. The molecule has 0 aliphatic rings. The fourth-order valence-corrected chi connectivity index (χ4v) is 2.52. The Morgan fingerprint density at radius 3 is 2.47 bits per heavy atom. The summed E-state index contributed by atoms with van der Waals surface area (Å²) < 4.78 is 26.6. The van der Waals surface area contributed by atoms with Crippen LogP contribution in [0.1, 0.15) is 22.6 Å². The summed E-state index contributed by atoms with van der Waals surface area (Å²) in [5.41, 5.74) is 2.74. The van der Waals surface area contributed by atoms with Crippen LogP contribution in [0.5, 0.6) is 0 Å². The van der Waals surface area contributed by atoms with Crippen LogP contribution in [0.2, 0.25) is 0 Å². The molecular formula is C16H15ClF2. The molecule has 0 amide bonds. The molecule has 0 N–H and O–H groups in total. The maximum Gasteiger partial charge on any atom is 0.129 e. The Balaban J connectivity index is 2.27. The lowest BCUT2D eigenvalue weighted by atomic mass is 9.90. The number of benzene rings is 2. The Morgan fingerprint density at radius 1 is 1.11 bits per heavy atom. The zero-order chi connectivity index (χ0) is 13.8. The highest BCUT2D eigenvalue weighted by Crippen LogP contribution is 2.26. The molecule has 0 nitrogen and oxygen atoms in total. The second kappa shape index (κ2) is 6.16. The molecular weight excluding hydrogens is 266 g/mol. The monoisotopic (exact) mass is 280 g/mol. The van der Waals surface area contributed by atoms with Crippen molar-refractivity contribution in [3.05, 3.63) is 70.8 Å². The second-order valence-corrected chi connectivity index (χ2v) is 4.96. The first-order chi connectivity index (χ1) is 9.11. The number of alkyl halides is 1. The molecule has 19 heavy (non-hydrogen) atoms. The van der Waals surface area contributed by atoms with Crippen LogP contribution >= 0.6 is 11.6 Å². The van der Waals surface area contributed by atoms with Gasteiger partial charge in [-0.25, -0.2) is 8.78 Å². The lowest BCUT2D eigenvalue weighted by Gasteiger charge is -2.17. The molecule has 3 heteroatoms. The van der Waals surface area contributed by atoms with Crippen LogP contribution in [0.3, 0.4) is 0 Å². The molecule has 2 aromatic rings. The molecule has 0 aromatic heterocycles. The van der Waals surface area contributed by atoms with Crippen LogP contribution in [0.15, 0.2) is 42.5 Å². The summed E-state index contributed by atoms with van der Waals surface area (Å²) >= 11 is 6.01. The number of hydrogen-bond donors (Lipinski definition) is 0. The van der Waals surface area contributed by atoms with E-state index in [2.05, 4.69) is 0 Å². The molecule has 0 saturated carbocycles. The van der Waals surface area contributed by atoms with Gasteiger partial charge in [0.1, 0.15) is 11.6 Å². The minimum Gasteiger partial charge on any atom is -0.207 e. The molecule has 1 atom stereocenters. The topological polar surface area (TPSA) is 0 Å². The maximum atomic E-state index is 13.7. The van der Waals surface area contributed by atoms with Crippen molar-refractivity contribution in [2.75, 3.05) is 5.88 Å². The van der Waals surface area contributed by atoms with Crippen LogP contribution in [0.4, 0.5) is 8.78 Å². The van der Waals surface area contributed by atoms with Crippen molar-refractivity contribution in [3.8, 4) is 0 Å². The molecule has 0 radical (unpaired) electrons. The Labute approximate surface area is 117 Å². The summed E-state index contributed by atoms with van der Waals surface area (Å²) in [4.78, 5) is 0. The predicted molar refractivity (Wildman–Crippen MR) is 74.7 cm³/mol. The molecule has 0 fully saturated rings. The standard InChI is InChI=1S/C16H15ClF2/c1-11-4-2-3-5-15(11)13(10-17)8-12-6-7-14(18)9-16(12)19/h2-7,9,13H,8,10H2,1H3. The van der Waals surface area contributed by atoms with Gasteiger partial charge in [-0.2, -0.15) is 0 Å². The van der Waals surface area contributed by atoms with Gasteiger partial charge >= 0.3 is 0 Å². The van der Waals surface area contributed by atoms with E-state index in [-0.39, 0.29) is 5.92 Å². The van der Waals surface area contributed by atoms with Crippen LogP contribution in [0.25, 0.3) is 0 Å². The Kier molecular flexibility index (Phi) is 4.54. The van der Waals surface area contributed by atoms with Gasteiger partial charge in [-0.1, -0.05) is 30.3 Å². The summed E-state index contributed by atoms with van der Waals surface area (Å²) in [5.74, 6) is -0.632. The number of aryl methyl sites for hydroxylation is 1. The SMILES string of the molecule is Cc1ccccc1C(CCl)Cc1ccc(F)cc1F. The fourth-order valence-electron chi connectivity index (χ4n) is 2.25. The van der Waals surface area contributed by atoms with E-state index < -0.39 is 11.6 Å². The van der Waals surface area contributed by atoms with Crippen LogP contribution in [0, 0.1) is 18.6 Å². The largest absolute Gasteiger partial charge is 0.207 e. The summed E-state index contributed by atoms with van der Waals surface area (Å²) in [6.45, 7) is 2.01. The van der Waals surface area contributed by atoms with Crippen molar-refractivity contribution in [1.29, 1.82) is 0 Å². The van der Waals surface area contributed by atoms with E-state index in [0.717, 1.165) is 17.2 Å². The Morgan fingerprint density at radius 2 is 1.84 bits per heavy atom. The minimum atomic E-state index is -0.556. The summed E-state index contributed by atoms with van der Waals surface area (Å²) in [7, 11) is 0. The molecule has 100 valence electrons. The summed E-state index contributed by atoms with van der Waals surface area (Å²) in [6.07, 6.45) is 0.473. The first-order valence-electron chi connectivity index (χ1n) is 6.17. The van der Waals surface area contributed by atoms with E-state index in [0.29, 0.717) is 17.9 Å². The molecule has 0 bridgehead atoms. The number of hydrogen-bond acceptors (Lipinski definition) is 0. The van der Waals surface area contributed by atoms with E-state index in [1.807, 2.05) is 31.2 Å². The Hall–Kier alpha value is -1.41. The molecule has 0 saturated heterocycles. The maximum absolute atomic E-state index is 13.7. The fraction of sp³-hybridized carbons (Fsp3) is 0.250. The predicted octanol–water partition coefficient (Wildman–Crippen LogP) is 4.84. The molecule has 2 aromatic carbocycles. The van der Waals surface area contributed by atoms with Crippen molar-refractivity contribution < 1.29 is 8.78 Å². The van der Waals surface area contributed by atoms with Gasteiger partial charge in [0, 0.05) is 17.9 Å². The zero-order valence-corrected chi connectivity index (χ0v) is 11.4. The molecule has 0 aliphatic heterocycles. The summed E-state index contributed by atoms with van der Waals surface area (Å²) in [5, 5.41) is 0. The molecule has 2 rings (SSSR count). The minimum absolute atomic E-state index is 0.0304. The van der Waals surface area contributed by atoms with Gasteiger partial charge in [0.05, 0.1) is 0 Å². The average Bonchev–Trinajstić information content (AvgIpc) is 2.39. The molecule has 0 heterocycles. The van der Waals surface area contributed by atoms with Gasteiger partial charge < -0.3 is 0 Å². The molecule has 0 spiro atoms. The highest BCUT2D eigenvalue weighted by atomic mass is 35.5. The van der Waals surface area contributed by atoms with E-state index in [1.165, 1.54) is 12.1 Å². The van der Waals surface area contributed by atoms with Crippen molar-refractivity contribution >= 4 is 11.6 Å². The first-order valence-corrected chi connectivity index (χ1v) is 6.70. The normalized spacial score (nSPS) is 12.4. The second-order valence-electron chi connectivity index (χ2n) is 4.65. The third-order valence-corrected chi connectivity index (χ3v) is 3.67. The third-order valence-electron chi connectivity index (χ3n) is 3.30.